The van der Waals surface area contributed by atoms with Crippen LogP contribution in [0.1, 0.15) is 31.9 Å². The second kappa shape index (κ2) is 7.62. The molecule has 0 aromatic heterocycles. The largest absolute Gasteiger partial charge is 0.309 e. The van der Waals surface area contributed by atoms with Gasteiger partial charge in [0.1, 0.15) is 0 Å². The van der Waals surface area contributed by atoms with Crippen molar-refractivity contribution >= 4 is 10.0 Å². The molecule has 108 valence electrons. The summed E-state index contributed by atoms with van der Waals surface area (Å²) in [5.74, 6) is 0.584. The van der Waals surface area contributed by atoms with Crippen LogP contribution in [0.3, 0.4) is 0 Å². The highest BCUT2D eigenvalue weighted by Crippen LogP contribution is 2.20. The molecule has 0 radical (unpaired) electrons. The van der Waals surface area contributed by atoms with Gasteiger partial charge in [-0.25, -0.2) is 13.1 Å². The van der Waals surface area contributed by atoms with Crippen LogP contribution in [0.15, 0.2) is 30.3 Å². The van der Waals surface area contributed by atoms with E-state index in [2.05, 4.69) is 36.0 Å². The first-order valence-electron chi connectivity index (χ1n) is 6.61. The van der Waals surface area contributed by atoms with E-state index >= 15 is 0 Å². The zero-order valence-electron chi connectivity index (χ0n) is 11.9. The van der Waals surface area contributed by atoms with Crippen molar-refractivity contribution in [3.8, 4) is 0 Å². The van der Waals surface area contributed by atoms with E-state index < -0.39 is 10.0 Å². The van der Waals surface area contributed by atoms with Gasteiger partial charge in [0.05, 0.1) is 6.26 Å². The quantitative estimate of drug-likeness (QED) is 0.717. The molecule has 2 N–H and O–H groups in total. The van der Waals surface area contributed by atoms with E-state index in [-0.39, 0.29) is 6.04 Å². The van der Waals surface area contributed by atoms with E-state index in [1.165, 1.54) is 11.8 Å². The Balaban J connectivity index is 2.52. The lowest BCUT2D eigenvalue weighted by atomic mass is 9.97. The van der Waals surface area contributed by atoms with Crippen molar-refractivity contribution in [1.29, 1.82) is 0 Å². The van der Waals surface area contributed by atoms with E-state index in [1.807, 2.05) is 18.2 Å². The second-order valence-electron chi connectivity index (χ2n) is 5.21. The third-order valence-electron chi connectivity index (χ3n) is 2.79. The summed E-state index contributed by atoms with van der Waals surface area (Å²) >= 11 is 0. The first-order chi connectivity index (χ1) is 8.88. The highest BCUT2D eigenvalue weighted by atomic mass is 32.2. The summed E-state index contributed by atoms with van der Waals surface area (Å²) in [4.78, 5) is 0. The maximum Gasteiger partial charge on any atom is 0.208 e. The fraction of sp³-hybridized carbons (Fsp3) is 0.571. The van der Waals surface area contributed by atoms with Crippen LogP contribution in [0, 0.1) is 5.92 Å². The fourth-order valence-corrected chi connectivity index (χ4v) is 2.45. The Morgan fingerprint density at radius 2 is 1.74 bits per heavy atom. The lowest BCUT2D eigenvalue weighted by Gasteiger charge is -2.21. The van der Waals surface area contributed by atoms with Crippen LogP contribution in [-0.2, 0) is 10.0 Å². The molecule has 4 nitrogen and oxygen atoms in total. The fourth-order valence-electron chi connectivity index (χ4n) is 1.98. The van der Waals surface area contributed by atoms with Gasteiger partial charge in [0.25, 0.3) is 0 Å². The van der Waals surface area contributed by atoms with Gasteiger partial charge in [-0.1, -0.05) is 44.2 Å². The molecule has 0 saturated heterocycles. The van der Waals surface area contributed by atoms with E-state index in [1.54, 1.807) is 0 Å². The summed E-state index contributed by atoms with van der Waals surface area (Å²) in [6.07, 6.45) is 2.21. The average molecular weight is 284 g/mol. The Morgan fingerprint density at radius 1 is 1.11 bits per heavy atom. The van der Waals surface area contributed by atoms with E-state index in [9.17, 15) is 8.42 Å². The monoisotopic (exact) mass is 284 g/mol. The number of sulfonamides is 1. The van der Waals surface area contributed by atoms with Gasteiger partial charge in [-0.2, -0.15) is 0 Å². The summed E-state index contributed by atoms with van der Waals surface area (Å²) in [7, 11) is -3.10. The summed E-state index contributed by atoms with van der Waals surface area (Å²) < 4.78 is 24.5. The van der Waals surface area contributed by atoms with E-state index in [0.29, 0.717) is 19.0 Å². The Bertz CT molecular complexity index is 458. The zero-order chi connectivity index (χ0) is 14.3. The number of benzene rings is 1. The second-order valence-corrected chi connectivity index (χ2v) is 7.05. The van der Waals surface area contributed by atoms with Crippen molar-refractivity contribution in [1.82, 2.24) is 10.0 Å². The molecule has 0 bridgehead atoms. The first kappa shape index (κ1) is 16.1. The molecule has 19 heavy (non-hydrogen) atoms. The van der Waals surface area contributed by atoms with Gasteiger partial charge in [0.15, 0.2) is 0 Å². The standard InChI is InChI=1S/C14H24N2O2S/c1-12(2)11-14(13-7-5-4-6-8-13)15-9-10-16-19(3,17)18/h4-8,12,14-16H,9-11H2,1-3H3. The summed E-state index contributed by atoms with van der Waals surface area (Å²) in [5.41, 5.74) is 1.25. The minimum absolute atomic E-state index is 0.266. The first-order valence-corrected chi connectivity index (χ1v) is 8.50. The van der Waals surface area contributed by atoms with Crippen LogP contribution in [0.25, 0.3) is 0 Å². The van der Waals surface area contributed by atoms with Crippen molar-refractivity contribution < 1.29 is 8.42 Å². The van der Waals surface area contributed by atoms with Crippen molar-refractivity contribution in [2.24, 2.45) is 5.92 Å². The molecule has 1 aromatic carbocycles. The normalized spacial score (nSPS) is 13.7. The molecule has 1 atom stereocenters. The molecule has 0 aliphatic carbocycles. The highest BCUT2D eigenvalue weighted by Gasteiger charge is 2.12. The molecular formula is C14H24N2O2S. The molecule has 1 unspecified atom stereocenters. The highest BCUT2D eigenvalue weighted by molar-refractivity contribution is 7.88. The Labute approximate surface area is 116 Å². The van der Waals surface area contributed by atoms with Gasteiger partial charge in [-0.15, -0.1) is 0 Å². The van der Waals surface area contributed by atoms with Gasteiger partial charge >= 0.3 is 0 Å². The van der Waals surface area contributed by atoms with Crippen LogP contribution in [0.4, 0.5) is 0 Å². The Kier molecular flexibility index (Phi) is 6.48. The molecule has 0 amide bonds. The third kappa shape index (κ3) is 7.30. The lowest BCUT2D eigenvalue weighted by molar-refractivity contribution is 0.431. The molecule has 0 aliphatic rings. The predicted octanol–water partition coefficient (Wildman–Crippen LogP) is 1.91. The van der Waals surface area contributed by atoms with Crippen LogP contribution in [-0.4, -0.2) is 27.8 Å². The molecule has 0 aliphatic heterocycles. The molecule has 5 heteroatoms. The molecule has 0 spiro atoms. The zero-order valence-corrected chi connectivity index (χ0v) is 12.7. The van der Waals surface area contributed by atoms with Gasteiger partial charge in [-0.05, 0) is 17.9 Å². The Hall–Kier alpha value is -0.910. The van der Waals surface area contributed by atoms with Gasteiger partial charge in [0, 0.05) is 19.1 Å². The van der Waals surface area contributed by atoms with Crippen LogP contribution in [0.2, 0.25) is 0 Å². The average Bonchev–Trinajstić information content (AvgIpc) is 2.32. The predicted molar refractivity (Wildman–Crippen MR) is 79.5 cm³/mol. The number of rotatable bonds is 8. The minimum Gasteiger partial charge on any atom is -0.309 e. The summed E-state index contributed by atoms with van der Waals surface area (Å²) in [5, 5.41) is 3.41. The van der Waals surface area contributed by atoms with E-state index in [4.69, 9.17) is 0 Å². The smallest absolute Gasteiger partial charge is 0.208 e. The van der Waals surface area contributed by atoms with Gasteiger partial charge in [0.2, 0.25) is 10.0 Å². The molecular weight excluding hydrogens is 260 g/mol. The van der Waals surface area contributed by atoms with Crippen LogP contribution < -0.4 is 10.0 Å². The van der Waals surface area contributed by atoms with Crippen molar-refractivity contribution in [2.75, 3.05) is 19.3 Å². The van der Waals surface area contributed by atoms with Gasteiger partial charge < -0.3 is 5.32 Å². The minimum atomic E-state index is -3.10. The maximum atomic E-state index is 11.0. The van der Waals surface area contributed by atoms with Crippen molar-refractivity contribution in [3.63, 3.8) is 0 Å². The molecule has 0 saturated carbocycles. The topological polar surface area (TPSA) is 58.2 Å². The number of hydrogen-bond acceptors (Lipinski definition) is 3. The third-order valence-corrected chi connectivity index (χ3v) is 3.52. The van der Waals surface area contributed by atoms with Crippen LogP contribution in [0.5, 0.6) is 0 Å². The van der Waals surface area contributed by atoms with Gasteiger partial charge in [-0.3, -0.25) is 0 Å². The maximum absolute atomic E-state index is 11.0. The number of nitrogens with one attached hydrogen (secondary N) is 2. The molecule has 0 fully saturated rings. The van der Waals surface area contributed by atoms with E-state index in [0.717, 1.165) is 6.42 Å². The molecule has 0 heterocycles. The Morgan fingerprint density at radius 3 is 2.26 bits per heavy atom. The molecule has 1 aromatic rings. The van der Waals surface area contributed by atoms with Crippen molar-refractivity contribution in [2.45, 2.75) is 26.3 Å². The summed E-state index contributed by atoms with van der Waals surface area (Å²) in [6.45, 7) is 5.42. The molecule has 1 rings (SSSR count). The van der Waals surface area contributed by atoms with Crippen molar-refractivity contribution in [3.05, 3.63) is 35.9 Å². The van der Waals surface area contributed by atoms with Crippen LogP contribution >= 0.6 is 0 Å². The SMILES string of the molecule is CC(C)CC(NCCNS(C)(=O)=O)c1ccccc1. The lowest BCUT2D eigenvalue weighted by Crippen LogP contribution is -2.33. The summed E-state index contributed by atoms with van der Waals surface area (Å²) in [6, 6.07) is 10.5. The number of hydrogen-bond donors (Lipinski definition) is 2.